The first-order chi connectivity index (χ1) is 25.7. The maximum absolute atomic E-state index is 14.3. The Bertz CT molecular complexity index is 1340. The van der Waals surface area contributed by atoms with Gasteiger partial charge in [0.25, 0.3) is 5.91 Å². The Morgan fingerprint density at radius 1 is 0.926 bits per heavy atom. The number of hydrogen-bond acceptors (Lipinski definition) is 9. The van der Waals surface area contributed by atoms with Gasteiger partial charge < -0.3 is 29.0 Å². The molecule has 54 heavy (non-hydrogen) atoms. The molecular formula is C44H71NO9. The van der Waals surface area contributed by atoms with Crippen molar-refractivity contribution in [1.82, 2.24) is 4.90 Å². The van der Waals surface area contributed by atoms with E-state index in [-0.39, 0.29) is 60.5 Å². The van der Waals surface area contributed by atoms with Gasteiger partial charge in [-0.2, -0.15) is 0 Å². The first-order valence-electron chi connectivity index (χ1n) is 21.0. The molecule has 1 aliphatic carbocycles. The largest absolute Gasteiger partial charge is 0.456 e. The number of methoxy groups -OCH3 is 2. The molecule has 3 heterocycles. The van der Waals surface area contributed by atoms with Crippen LogP contribution in [0.1, 0.15) is 132 Å². The number of rotatable bonds is 5. The van der Waals surface area contributed by atoms with E-state index in [0.717, 1.165) is 49.7 Å². The molecule has 2 bridgehead atoms. The quantitative estimate of drug-likeness (QED) is 0.176. The van der Waals surface area contributed by atoms with Crippen molar-refractivity contribution in [2.75, 3.05) is 20.8 Å². The van der Waals surface area contributed by atoms with Crippen molar-refractivity contribution >= 4 is 23.4 Å². The van der Waals surface area contributed by atoms with E-state index in [1.807, 2.05) is 20.8 Å². The lowest BCUT2D eigenvalue weighted by atomic mass is 9.82. The number of aliphatic hydroxyl groups is 1. The Morgan fingerprint density at radius 2 is 1.67 bits per heavy atom. The van der Waals surface area contributed by atoms with Gasteiger partial charge in [0.05, 0.1) is 24.4 Å². The molecule has 0 aromatic heterocycles. The van der Waals surface area contributed by atoms with Crippen molar-refractivity contribution in [2.45, 2.75) is 175 Å². The number of hydrogen-bond donors (Lipinski definition) is 1. The number of allylic oxidation sites excluding steroid dienone is 3. The SMILES string of the molecule is CC[C@@H]1/C=C(\C)C[C@H](C)C[C@H](C)[C@H]2O[C@@H](C[C@H](C)C[C@@H]2OC)C(=O)C(=O)N2CCCC[C@H]2C(=O)O[C@H](/C(C)=C/[C@@H]2CCC[C@H](OC)C2)[C@H](C)[C@@H](O)CC1=O. The Balaban J connectivity index is 1.73. The second kappa shape index (κ2) is 20.7. The standard InChI is InChI=1S/C44H71NO9/c1-10-33-20-27(3)18-26(2)19-29(5)42-39(52-9)22-28(4)21-38(53-42)40(48)43(49)45-17-12-11-16-35(45)44(50)54-41(31(7)36(46)25-37(33)47)30(6)23-32-14-13-15-34(24-32)51-8/h20,23,26,28-29,31-36,38-39,41-42,46H,10-19,21-22,24-25H2,1-9H3/b27-20+,30-23+/t26-,28-,29-,31+,32-,33+,34-,35-,36-,38-,39-,41+,42+/m0/s1. The van der Waals surface area contributed by atoms with E-state index in [2.05, 4.69) is 39.8 Å². The fourth-order valence-electron chi connectivity index (χ4n) is 9.75. The van der Waals surface area contributed by atoms with Crippen molar-refractivity contribution in [3.05, 3.63) is 23.3 Å². The van der Waals surface area contributed by atoms with Gasteiger partial charge >= 0.3 is 5.97 Å². The molecular weight excluding hydrogens is 686 g/mol. The molecule has 10 heteroatoms. The van der Waals surface area contributed by atoms with Crippen LogP contribution < -0.4 is 0 Å². The van der Waals surface area contributed by atoms with Crippen molar-refractivity contribution in [1.29, 1.82) is 0 Å². The highest BCUT2D eigenvalue weighted by molar-refractivity contribution is 6.38. The number of piperidine rings is 1. The van der Waals surface area contributed by atoms with Gasteiger partial charge in [0.2, 0.25) is 5.78 Å². The molecule has 3 aliphatic heterocycles. The smallest absolute Gasteiger partial charge is 0.329 e. The van der Waals surface area contributed by atoms with Gasteiger partial charge in [-0.15, -0.1) is 0 Å². The van der Waals surface area contributed by atoms with Crippen molar-refractivity contribution in [3.8, 4) is 0 Å². The number of esters is 1. The van der Waals surface area contributed by atoms with Crippen LogP contribution in [0.5, 0.6) is 0 Å². The number of aliphatic hydroxyl groups excluding tert-OH is 1. The predicted molar refractivity (Wildman–Crippen MR) is 209 cm³/mol. The predicted octanol–water partition coefficient (Wildman–Crippen LogP) is 7.19. The van der Waals surface area contributed by atoms with Crippen LogP contribution in [0.15, 0.2) is 23.3 Å². The summed E-state index contributed by atoms with van der Waals surface area (Å²) in [5.74, 6) is -2.32. The van der Waals surface area contributed by atoms with Gasteiger partial charge in [0.1, 0.15) is 24.0 Å². The van der Waals surface area contributed by atoms with Gasteiger partial charge in [-0.05, 0) is 114 Å². The molecule has 0 radical (unpaired) electrons. The fourth-order valence-corrected chi connectivity index (χ4v) is 9.75. The number of cyclic esters (lactones) is 1. The zero-order chi connectivity index (χ0) is 39.7. The molecule has 4 aliphatic rings. The molecule has 2 saturated heterocycles. The third kappa shape index (κ3) is 11.6. The molecule has 10 nitrogen and oxygen atoms in total. The summed E-state index contributed by atoms with van der Waals surface area (Å²) in [4.78, 5) is 57.8. The molecule has 0 unspecified atom stereocenters. The topological polar surface area (TPSA) is 129 Å². The van der Waals surface area contributed by atoms with Crippen molar-refractivity contribution < 1.29 is 43.2 Å². The molecule has 0 aromatic rings. The Labute approximate surface area is 325 Å². The van der Waals surface area contributed by atoms with Crippen LogP contribution in [0.3, 0.4) is 0 Å². The number of ketones is 2. The van der Waals surface area contributed by atoms with Crippen LogP contribution in [-0.4, -0.2) is 96.9 Å². The van der Waals surface area contributed by atoms with Crippen LogP contribution in [0, 0.1) is 35.5 Å². The van der Waals surface area contributed by atoms with Gasteiger partial charge in [-0.3, -0.25) is 14.4 Å². The normalized spacial score (nSPS) is 40.1. The lowest BCUT2D eigenvalue weighted by molar-refractivity contribution is -0.168. The van der Waals surface area contributed by atoms with Crippen LogP contribution in [0.2, 0.25) is 0 Å². The first-order valence-corrected chi connectivity index (χ1v) is 21.0. The summed E-state index contributed by atoms with van der Waals surface area (Å²) < 4.78 is 24.6. The maximum Gasteiger partial charge on any atom is 0.329 e. The van der Waals surface area contributed by atoms with Gasteiger partial charge in [0, 0.05) is 39.0 Å². The first kappa shape index (κ1) is 44.3. The van der Waals surface area contributed by atoms with Crippen LogP contribution in [0.25, 0.3) is 0 Å². The summed E-state index contributed by atoms with van der Waals surface area (Å²) in [6.45, 7) is 14.4. The summed E-state index contributed by atoms with van der Waals surface area (Å²) in [5.41, 5.74) is 1.92. The number of carbonyl (C=O) groups is 4. The lowest BCUT2D eigenvalue weighted by Crippen LogP contribution is -2.54. The summed E-state index contributed by atoms with van der Waals surface area (Å²) in [5, 5.41) is 11.7. The molecule has 1 N–H and O–H groups in total. The highest BCUT2D eigenvalue weighted by atomic mass is 16.6. The van der Waals surface area contributed by atoms with Crippen molar-refractivity contribution in [2.24, 2.45) is 35.5 Å². The van der Waals surface area contributed by atoms with E-state index in [9.17, 15) is 24.3 Å². The fraction of sp³-hybridized carbons (Fsp3) is 0.818. The Morgan fingerprint density at radius 3 is 2.35 bits per heavy atom. The average molecular weight is 758 g/mol. The summed E-state index contributed by atoms with van der Waals surface area (Å²) >= 11 is 0. The van der Waals surface area contributed by atoms with Crippen LogP contribution >= 0.6 is 0 Å². The molecule has 3 fully saturated rings. The minimum absolute atomic E-state index is 0.0303. The number of Topliss-reactive ketones (excluding diaryl/α,β-unsaturated/α-hetero) is 2. The van der Waals surface area contributed by atoms with Gasteiger partial charge in [-0.1, -0.05) is 58.8 Å². The molecule has 1 saturated carbocycles. The second-order valence-electron chi connectivity index (χ2n) is 17.5. The van der Waals surface area contributed by atoms with Crippen LogP contribution in [-0.2, 0) is 38.1 Å². The number of nitrogens with zero attached hydrogens (tertiary/aromatic N) is 1. The van der Waals surface area contributed by atoms with Crippen LogP contribution in [0.4, 0.5) is 0 Å². The van der Waals surface area contributed by atoms with Gasteiger partial charge in [0.15, 0.2) is 0 Å². The van der Waals surface area contributed by atoms with E-state index in [4.69, 9.17) is 18.9 Å². The molecule has 0 aromatic carbocycles. The minimum Gasteiger partial charge on any atom is -0.456 e. The molecule has 4 rings (SSSR count). The molecule has 306 valence electrons. The summed E-state index contributed by atoms with van der Waals surface area (Å²) in [7, 11) is 3.41. The molecule has 13 atom stereocenters. The average Bonchev–Trinajstić information content (AvgIpc) is 3.32. The summed E-state index contributed by atoms with van der Waals surface area (Å²) in [6.07, 6.45) is 9.76. The highest BCUT2D eigenvalue weighted by Gasteiger charge is 2.44. The number of fused-ring (bicyclic) bond motifs is 3. The monoisotopic (exact) mass is 758 g/mol. The zero-order valence-corrected chi connectivity index (χ0v) is 34.7. The van der Waals surface area contributed by atoms with E-state index in [1.54, 1.807) is 14.2 Å². The minimum atomic E-state index is -1.06. The lowest BCUT2D eigenvalue weighted by Gasteiger charge is -2.37. The number of ether oxygens (including phenoxy) is 4. The Kier molecular flexibility index (Phi) is 17.0. The second-order valence-corrected chi connectivity index (χ2v) is 17.5. The number of amides is 1. The van der Waals surface area contributed by atoms with E-state index in [1.165, 1.54) is 4.90 Å². The highest BCUT2D eigenvalue weighted by Crippen LogP contribution is 2.35. The summed E-state index contributed by atoms with van der Waals surface area (Å²) in [6, 6.07) is -0.943. The maximum atomic E-state index is 14.3. The third-order valence-electron chi connectivity index (χ3n) is 12.8. The molecule has 1 amide bonds. The molecule has 0 spiro atoms. The number of carbonyl (C=O) groups excluding carboxylic acids is 4. The Hall–Kier alpha value is -2.40. The van der Waals surface area contributed by atoms with E-state index >= 15 is 0 Å². The van der Waals surface area contributed by atoms with Gasteiger partial charge in [-0.25, -0.2) is 4.79 Å². The van der Waals surface area contributed by atoms with E-state index in [0.29, 0.717) is 38.5 Å². The van der Waals surface area contributed by atoms with E-state index < -0.39 is 54.0 Å². The third-order valence-corrected chi connectivity index (χ3v) is 12.8. The zero-order valence-electron chi connectivity index (χ0n) is 34.7. The van der Waals surface area contributed by atoms with Crippen molar-refractivity contribution in [3.63, 3.8) is 0 Å².